The fourth-order valence-electron chi connectivity index (χ4n) is 2.06. The van der Waals surface area contributed by atoms with E-state index < -0.39 is 0 Å². The van der Waals surface area contributed by atoms with Crippen LogP contribution in [0.2, 0.25) is 0 Å². The van der Waals surface area contributed by atoms with Crippen molar-refractivity contribution in [3.05, 3.63) is 53.6 Å². The Labute approximate surface area is 118 Å². The summed E-state index contributed by atoms with van der Waals surface area (Å²) in [6.45, 7) is 2.05. The Hall–Kier alpha value is -2.20. The molecular formula is C16H19NO3. The molecular weight excluding hydrogens is 254 g/mol. The number of benzene rings is 2. The van der Waals surface area contributed by atoms with Crippen molar-refractivity contribution in [3.63, 3.8) is 0 Å². The first-order valence-corrected chi connectivity index (χ1v) is 6.47. The van der Waals surface area contributed by atoms with Gasteiger partial charge in [-0.05, 0) is 42.3 Å². The van der Waals surface area contributed by atoms with Crippen molar-refractivity contribution in [1.82, 2.24) is 0 Å². The Morgan fingerprint density at radius 1 is 1.20 bits per heavy atom. The summed E-state index contributed by atoms with van der Waals surface area (Å²) >= 11 is 0. The smallest absolute Gasteiger partial charge is 0.160 e. The maximum absolute atomic E-state index is 9.60. The summed E-state index contributed by atoms with van der Waals surface area (Å²) in [6, 6.07) is 13.0. The van der Waals surface area contributed by atoms with Crippen LogP contribution in [0.5, 0.6) is 11.5 Å². The minimum atomic E-state index is 0.0247. The summed E-state index contributed by atoms with van der Waals surface area (Å²) in [6.07, 6.45) is 0. The van der Waals surface area contributed by atoms with Gasteiger partial charge in [0.15, 0.2) is 11.5 Å². The molecule has 20 heavy (non-hydrogen) atoms. The molecule has 0 saturated carbocycles. The van der Waals surface area contributed by atoms with Crippen LogP contribution in [0.4, 0.5) is 5.69 Å². The Bertz CT molecular complexity index is 584. The molecule has 3 N–H and O–H groups in total. The number of methoxy groups -OCH3 is 1. The van der Waals surface area contributed by atoms with Crippen molar-refractivity contribution < 1.29 is 14.9 Å². The number of aliphatic hydroxyl groups is 1. The highest BCUT2D eigenvalue weighted by atomic mass is 16.5. The molecule has 0 spiro atoms. The van der Waals surface area contributed by atoms with Crippen LogP contribution >= 0.6 is 0 Å². The number of phenolic OH excluding ortho intramolecular Hbond substituents is 1. The van der Waals surface area contributed by atoms with Gasteiger partial charge in [-0.25, -0.2) is 0 Å². The van der Waals surface area contributed by atoms with E-state index in [1.165, 1.54) is 7.11 Å². The van der Waals surface area contributed by atoms with Crippen LogP contribution in [0.1, 0.15) is 24.1 Å². The van der Waals surface area contributed by atoms with Crippen molar-refractivity contribution in [2.75, 3.05) is 12.4 Å². The Balaban J connectivity index is 2.16. The molecule has 2 rings (SSSR count). The lowest BCUT2D eigenvalue weighted by Crippen LogP contribution is -2.07. The summed E-state index contributed by atoms with van der Waals surface area (Å²) in [5.41, 5.74) is 2.82. The van der Waals surface area contributed by atoms with Crippen molar-refractivity contribution in [2.45, 2.75) is 19.6 Å². The first-order chi connectivity index (χ1) is 9.63. The van der Waals surface area contributed by atoms with Gasteiger partial charge < -0.3 is 20.3 Å². The molecule has 0 amide bonds. The van der Waals surface area contributed by atoms with E-state index in [9.17, 15) is 5.11 Å². The minimum absolute atomic E-state index is 0.0247. The molecule has 106 valence electrons. The van der Waals surface area contributed by atoms with Gasteiger partial charge in [-0.3, -0.25) is 0 Å². The van der Waals surface area contributed by atoms with Gasteiger partial charge >= 0.3 is 0 Å². The second kappa shape index (κ2) is 6.30. The average Bonchev–Trinajstić information content (AvgIpc) is 2.47. The second-order valence-corrected chi connectivity index (χ2v) is 4.66. The van der Waals surface area contributed by atoms with E-state index in [4.69, 9.17) is 9.84 Å². The third kappa shape index (κ3) is 3.22. The zero-order chi connectivity index (χ0) is 14.5. The number of rotatable bonds is 5. The number of aromatic hydroxyl groups is 1. The van der Waals surface area contributed by atoms with Gasteiger partial charge in [-0.1, -0.05) is 18.2 Å². The van der Waals surface area contributed by atoms with Crippen molar-refractivity contribution in [2.24, 2.45) is 0 Å². The van der Waals surface area contributed by atoms with Crippen LogP contribution in [0.15, 0.2) is 42.5 Å². The number of hydrogen-bond acceptors (Lipinski definition) is 4. The maximum Gasteiger partial charge on any atom is 0.160 e. The fourth-order valence-corrected chi connectivity index (χ4v) is 2.06. The van der Waals surface area contributed by atoms with Crippen LogP contribution in [0.3, 0.4) is 0 Å². The minimum Gasteiger partial charge on any atom is -0.504 e. The molecule has 0 heterocycles. The van der Waals surface area contributed by atoms with Crippen molar-refractivity contribution >= 4 is 5.69 Å². The molecule has 0 bridgehead atoms. The van der Waals surface area contributed by atoms with E-state index in [-0.39, 0.29) is 18.4 Å². The van der Waals surface area contributed by atoms with Crippen molar-refractivity contribution in [3.8, 4) is 11.5 Å². The molecule has 4 heteroatoms. The SMILES string of the molecule is COc1cc(C(C)Nc2cccc(CO)c2)ccc1O. The lowest BCUT2D eigenvalue weighted by atomic mass is 10.1. The van der Waals surface area contributed by atoms with E-state index in [0.29, 0.717) is 5.75 Å². The highest BCUT2D eigenvalue weighted by Crippen LogP contribution is 2.30. The first-order valence-electron chi connectivity index (χ1n) is 6.47. The van der Waals surface area contributed by atoms with Crippen LogP contribution < -0.4 is 10.1 Å². The van der Waals surface area contributed by atoms with Gasteiger partial charge in [0.25, 0.3) is 0 Å². The highest BCUT2D eigenvalue weighted by molar-refractivity contribution is 5.49. The predicted octanol–water partition coefficient (Wildman–Crippen LogP) is 3.07. The zero-order valence-electron chi connectivity index (χ0n) is 11.6. The molecule has 0 radical (unpaired) electrons. The van der Waals surface area contributed by atoms with Gasteiger partial charge in [-0.2, -0.15) is 0 Å². The average molecular weight is 273 g/mol. The van der Waals surface area contributed by atoms with E-state index in [2.05, 4.69) is 5.32 Å². The Kier molecular flexibility index (Phi) is 4.48. The molecule has 0 aliphatic carbocycles. The normalized spacial score (nSPS) is 11.9. The Morgan fingerprint density at radius 3 is 2.70 bits per heavy atom. The number of anilines is 1. The van der Waals surface area contributed by atoms with Crippen LogP contribution in [0.25, 0.3) is 0 Å². The summed E-state index contributed by atoms with van der Waals surface area (Å²) in [4.78, 5) is 0. The standard InChI is InChI=1S/C16H19NO3/c1-11(13-6-7-15(19)16(9-13)20-2)17-14-5-3-4-12(8-14)10-18/h3-9,11,17-19H,10H2,1-2H3. The molecule has 0 fully saturated rings. The lowest BCUT2D eigenvalue weighted by Gasteiger charge is -2.17. The van der Waals surface area contributed by atoms with Gasteiger partial charge in [0.1, 0.15) is 0 Å². The lowest BCUT2D eigenvalue weighted by molar-refractivity contribution is 0.282. The molecule has 1 atom stereocenters. The van der Waals surface area contributed by atoms with Crippen LogP contribution in [0, 0.1) is 0 Å². The zero-order valence-corrected chi connectivity index (χ0v) is 11.6. The molecule has 0 aliphatic rings. The summed E-state index contributed by atoms with van der Waals surface area (Å²) in [5.74, 6) is 0.589. The fraction of sp³-hybridized carbons (Fsp3) is 0.250. The molecule has 0 saturated heterocycles. The first kappa shape index (κ1) is 14.2. The van der Waals surface area contributed by atoms with E-state index in [0.717, 1.165) is 16.8 Å². The van der Waals surface area contributed by atoms with Crippen molar-refractivity contribution in [1.29, 1.82) is 0 Å². The summed E-state index contributed by atoms with van der Waals surface area (Å²) < 4.78 is 5.11. The highest BCUT2D eigenvalue weighted by Gasteiger charge is 2.09. The van der Waals surface area contributed by atoms with Crippen LogP contribution in [-0.2, 0) is 6.61 Å². The number of nitrogens with one attached hydrogen (secondary N) is 1. The van der Waals surface area contributed by atoms with Gasteiger partial charge in [0, 0.05) is 11.7 Å². The van der Waals surface area contributed by atoms with E-state index in [1.807, 2.05) is 43.3 Å². The molecule has 2 aromatic rings. The number of ether oxygens (including phenoxy) is 1. The molecule has 0 aliphatic heterocycles. The molecule has 1 unspecified atom stereocenters. The third-order valence-corrected chi connectivity index (χ3v) is 3.20. The van der Waals surface area contributed by atoms with Crippen LogP contribution in [-0.4, -0.2) is 17.3 Å². The number of hydrogen-bond donors (Lipinski definition) is 3. The largest absolute Gasteiger partial charge is 0.504 e. The molecule has 2 aromatic carbocycles. The van der Waals surface area contributed by atoms with Gasteiger partial charge in [0.05, 0.1) is 13.7 Å². The Morgan fingerprint density at radius 2 is 2.00 bits per heavy atom. The number of aliphatic hydroxyl groups excluding tert-OH is 1. The predicted molar refractivity (Wildman–Crippen MR) is 79.1 cm³/mol. The quantitative estimate of drug-likeness (QED) is 0.783. The molecule has 4 nitrogen and oxygen atoms in total. The summed E-state index contributed by atoms with van der Waals surface area (Å²) in [7, 11) is 1.53. The molecule has 0 aromatic heterocycles. The summed E-state index contributed by atoms with van der Waals surface area (Å²) in [5, 5.41) is 22.1. The van der Waals surface area contributed by atoms with E-state index >= 15 is 0 Å². The van der Waals surface area contributed by atoms with Gasteiger partial charge in [0.2, 0.25) is 0 Å². The third-order valence-electron chi connectivity index (χ3n) is 3.20. The maximum atomic E-state index is 9.60. The monoisotopic (exact) mass is 273 g/mol. The van der Waals surface area contributed by atoms with Gasteiger partial charge in [-0.15, -0.1) is 0 Å². The van der Waals surface area contributed by atoms with E-state index in [1.54, 1.807) is 6.07 Å². The number of phenols is 1. The topological polar surface area (TPSA) is 61.7 Å². The second-order valence-electron chi connectivity index (χ2n) is 4.66.